The number of aliphatic hydroxyl groups excluding tert-OH is 2. The third kappa shape index (κ3) is 5.80. The van der Waals surface area contributed by atoms with Crippen molar-refractivity contribution in [3.8, 4) is 0 Å². The van der Waals surface area contributed by atoms with E-state index < -0.39 is 0 Å². The standard InChI is InChI=1S/C19H30N2O3/c22-12-11-16(15-7-3-1-4-8-15)13-20-19(24)21-18-10-6-2-5-9-17(18)14-23/h1,3-4,7-8,16-18,22-23H,2,5-6,9-14H2,(H2,20,21,24). The highest BCUT2D eigenvalue weighted by Gasteiger charge is 2.24. The summed E-state index contributed by atoms with van der Waals surface area (Å²) < 4.78 is 0. The quantitative estimate of drug-likeness (QED) is 0.578. The van der Waals surface area contributed by atoms with Gasteiger partial charge < -0.3 is 20.8 Å². The van der Waals surface area contributed by atoms with Gasteiger partial charge in [0, 0.05) is 37.6 Å². The molecule has 1 fully saturated rings. The molecule has 0 aromatic heterocycles. The van der Waals surface area contributed by atoms with Crippen LogP contribution in [0.15, 0.2) is 30.3 Å². The largest absolute Gasteiger partial charge is 0.396 e. The van der Waals surface area contributed by atoms with E-state index in [9.17, 15) is 15.0 Å². The molecule has 0 saturated heterocycles. The van der Waals surface area contributed by atoms with Crippen molar-refractivity contribution in [2.75, 3.05) is 19.8 Å². The summed E-state index contributed by atoms with van der Waals surface area (Å²) in [7, 11) is 0. The lowest BCUT2D eigenvalue weighted by atomic mass is 9.95. The van der Waals surface area contributed by atoms with Gasteiger partial charge in [-0.3, -0.25) is 0 Å². The van der Waals surface area contributed by atoms with Gasteiger partial charge in [0.05, 0.1) is 0 Å². The molecular weight excluding hydrogens is 304 g/mol. The molecule has 0 bridgehead atoms. The smallest absolute Gasteiger partial charge is 0.315 e. The van der Waals surface area contributed by atoms with Crippen molar-refractivity contribution < 1.29 is 15.0 Å². The van der Waals surface area contributed by atoms with E-state index in [1.54, 1.807) is 0 Å². The van der Waals surface area contributed by atoms with Gasteiger partial charge in [-0.1, -0.05) is 49.6 Å². The summed E-state index contributed by atoms with van der Waals surface area (Å²) in [5.74, 6) is 0.255. The van der Waals surface area contributed by atoms with Gasteiger partial charge in [-0.25, -0.2) is 4.79 Å². The van der Waals surface area contributed by atoms with E-state index in [1.165, 1.54) is 6.42 Å². The van der Waals surface area contributed by atoms with Crippen molar-refractivity contribution in [3.63, 3.8) is 0 Å². The first-order chi connectivity index (χ1) is 11.7. The van der Waals surface area contributed by atoms with Crippen LogP contribution in [0.5, 0.6) is 0 Å². The first-order valence-corrected chi connectivity index (χ1v) is 9.05. The minimum atomic E-state index is -0.181. The summed E-state index contributed by atoms with van der Waals surface area (Å²) in [5.41, 5.74) is 1.12. The van der Waals surface area contributed by atoms with Crippen LogP contribution in [0.2, 0.25) is 0 Å². The number of carbonyl (C=O) groups is 1. The molecule has 1 aliphatic rings. The Morgan fingerprint density at radius 3 is 2.58 bits per heavy atom. The zero-order chi connectivity index (χ0) is 17.2. The maximum atomic E-state index is 12.3. The predicted molar refractivity (Wildman–Crippen MR) is 94.9 cm³/mol. The average Bonchev–Trinajstić information content (AvgIpc) is 2.84. The zero-order valence-electron chi connectivity index (χ0n) is 14.3. The highest BCUT2D eigenvalue weighted by atomic mass is 16.3. The van der Waals surface area contributed by atoms with E-state index in [1.807, 2.05) is 30.3 Å². The Balaban J connectivity index is 1.86. The highest BCUT2D eigenvalue weighted by Crippen LogP contribution is 2.23. The predicted octanol–water partition coefficient (Wildman–Crippen LogP) is 2.39. The van der Waals surface area contributed by atoms with E-state index >= 15 is 0 Å². The molecule has 0 aliphatic heterocycles. The molecular formula is C19H30N2O3. The average molecular weight is 334 g/mol. The van der Waals surface area contributed by atoms with E-state index in [-0.39, 0.29) is 37.1 Å². The molecule has 134 valence electrons. The van der Waals surface area contributed by atoms with Crippen LogP contribution in [0.4, 0.5) is 4.79 Å². The number of hydrogen-bond acceptors (Lipinski definition) is 3. The normalized spacial score (nSPS) is 22.4. The molecule has 1 aliphatic carbocycles. The van der Waals surface area contributed by atoms with Gasteiger partial charge in [-0.15, -0.1) is 0 Å². The van der Waals surface area contributed by atoms with Gasteiger partial charge >= 0.3 is 6.03 Å². The number of amides is 2. The summed E-state index contributed by atoms with van der Waals surface area (Å²) >= 11 is 0. The number of benzene rings is 1. The molecule has 3 atom stereocenters. The van der Waals surface area contributed by atoms with E-state index in [0.717, 1.165) is 31.2 Å². The van der Waals surface area contributed by atoms with Gasteiger partial charge in [-0.05, 0) is 24.8 Å². The van der Waals surface area contributed by atoms with Crippen LogP contribution in [0, 0.1) is 5.92 Å². The minimum absolute atomic E-state index is 0.0468. The lowest BCUT2D eigenvalue weighted by Crippen LogP contribution is -2.47. The Kier molecular flexibility index (Phi) is 8.05. The summed E-state index contributed by atoms with van der Waals surface area (Å²) in [6.07, 6.45) is 5.90. The molecule has 2 amide bonds. The molecule has 1 aromatic carbocycles. The van der Waals surface area contributed by atoms with Crippen LogP contribution in [0.1, 0.15) is 50.0 Å². The number of hydrogen-bond donors (Lipinski definition) is 4. The van der Waals surface area contributed by atoms with Crippen LogP contribution >= 0.6 is 0 Å². The van der Waals surface area contributed by atoms with Crippen molar-refractivity contribution in [2.45, 2.75) is 50.5 Å². The van der Waals surface area contributed by atoms with Crippen molar-refractivity contribution in [1.82, 2.24) is 10.6 Å². The molecule has 2 rings (SSSR count). The molecule has 5 nitrogen and oxygen atoms in total. The molecule has 5 heteroatoms. The summed E-state index contributed by atoms with van der Waals surface area (Å²) in [6.45, 7) is 0.715. The Labute approximate surface area is 144 Å². The third-order valence-corrected chi connectivity index (χ3v) is 4.97. The Bertz CT molecular complexity index is 481. The lowest BCUT2D eigenvalue weighted by molar-refractivity contribution is 0.179. The fourth-order valence-corrected chi connectivity index (χ4v) is 3.50. The second-order valence-electron chi connectivity index (χ2n) is 6.66. The lowest BCUT2D eigenvalue weighted by Gasteiger charge is -2.25. The second-order valence-corrected chi connectivity index (χ2v) is 6.66. The molecule has 0 spiro atoms. The van der Waals surface area contributed by atoms with Crippen molar-refractivity contribution >= 4 is 6.03 Å². The molecule has 0 heterocycles. The molecule has 3 unspecified atom stereocenters. The number of urea groups is 1. The van der Waals surface area contributed by atoms with Crippen LogP contribution in [0.3, 0.4) is 0 Å². The van der Waals surface area contributed by atoms with E-state index in [0.29, 0.717) is 13.0 Å². The van der Waals surface area contributed by atoms with Crippen LogP contribution in [0.25, 0.3) is 0 Å². The van der Waals surface area contributed by atoms with Crippen LogP contribution in [-0.2, 0) is 0 Å². The molecule has 1 saturated carbocycles. The molecule has 0 radical (unpaired) electrons. The van der Waals surface area contributed by atoms with Crippen molar-refractivity contribution in [1.29, 1.82) is 0 Å². The number of rotatable bonds is 7. The molecule has 4 N–H and O–H groups in total. The van der Waals surface area contributed by atoms with Crippen molar-refractivity contribution in [3.05, 3.63) is 35.9 Å². The molecule has 24 heavy (non-hydrogen) atoms. The first kappa shape index (κ1) is 18.7. The first-order valence-electron chi connectivity index (χ1n) is 9.05. The summed E-state index contributed by atoms with van der Waals surface area (Å²) in [4.78, 5) is 12.3. The van der Waals surface area contributed by atoms with Gasteiger partial charge in [-0.2, -0.15) is 0 Å². The van der Waals surface area contributed by atoms with Gasteiger partial charge in [0.25, 0.3) is 0 Å². The van der Waals surface area contributed by atoms with E-state index in [2.05, 4.69) is 10.6 Å². The van der Waals surface area contributed by atoms with Gasteiger partial charge in [0.2, 0.25) is 0 Å². The zero-order valence-corrected chi connectivity index (χ0v) is 14.3. The second kappa shape index (κ2) is 10.3. The van der Waals surface area contributed by atoms with Gasteiger partial charge in [0.15, 0.2) is 0 Å². The monoisotopic (exact) mass is 334 g/mol. The maximum absolute atomic E-state index is 12.3. The third-order valence-electron chi connectivity index (χ3n) is 4.97. The number of carbonyl (C=O) groups excluding carboxylic acids is 1. The number of aliphatic hydroxyl groups is 2. The van der Waals surface area contributed by atoms with Crippen molar-refractivity contribution in [2.24, 2.45) is 5.92 Å². The van der Waals surface area contributed by atoms with Gasteiger partial charge in [0.1, 0.15) is 0 Å². The number of nitrogens with one attached hydrogen (secondary N) is 2. The van der Waals surface area contributed by atoms with Crippen LogP contribution in [-0.4, -0.2) is 42.0 Å². The molecule has 1 aromatic rings. The topological polar surface area (TPSA) is 81.6 Å². The Hall–Kier alpha value is -1.59. The van der Waals surface area contributed by atoms with E-state index in [4.69, 9.17) is 0 Å². The highest BCUT2D eigenvalue weighted by molar-refractivity contribution is 5.74. The Morgan fingerprint density at radius 2 is 1.88 bits per heavy atom. The minimum Gasteiger partial charge on any atom is -0.396 e. The summed E-state index contributed by atoms with van der Waals surface area (Å²) in [5, 5.41) is 24.8. The van der Waals surface area contributed by atoms with Crippen LogP contribution < -0.4 is 10.6 Å². The Morgan fingerprint density at radius 1 is 1.12 bits per heavy atom. The maximum Gasteiger partial charge on any atom is 0.315 e. The fraction of sp³-hybridized carbons (Fsp3) is 0.632. The summed E-state index contributed by atoms with van der Waals surface area (Å²) in [6, 6.07) is 9.81. The fourth-order valence-electron chi connectivity index (χ4n) is 3.50. The SMILES string of the molecule is O=C(NCC(CCO)c1ccccc1)NC1CCCCCC1CO.